The Hall–Kier alpha value is -3.08. The van der Waals surface area contributed by atoms with Crippen molar-refractivity contribution < 1.29 is 14.4 Å². The van der Waals surface area contributed by atoms with Gasteiger partial charge in [-0.05, 0) is 67.9 Å². The lowest BCUT2D eigenvalue weighted by atomic mass is 9.74. The van der Waals surface area contributed by atoms with E-state index in [4.69, 9.17) is 4.52 Å². The topological polar surface area (TPSA) is 75.4 Å². The van der Waals surface area contributed by atoms with Gasteiger partial charge in [-0.25, -0.2) is 0 Å². The standard InChI is InChI=1S/C28H34N2O3/c1-5-6-7-19(3)29-26-20(4)30-33-27(26)22-10-8-21(9-11-22)23-12-13-24(18(2)16-23)28(14-15-28)17-25(31)32/h5,8-13,16,18-19,24,29H,1,6-7,14-15,17H2,2-4H3,(H,31,32). The Morgan fingerprint density at radius 2 is 2.03 bits per heavy atom. The predicted molar refractivity (Wildman–Crippen MR) is 133 cm³/mol. The minimum Gasteiger partial charge on any atom is -0.481 e. The number of hydrogen-bond acceptors (Lipinski definition) is 4. The van der Waals surface area contributed by atoms with Crippen LogP contribution in [-0.4, -0.2) is 22.3 Å². The normalized spacial score (nSPS) is 21.8. The number of rotatable bonds is 10. The van der Waals surface area contributed by atoms with E-state index in [1.54, 1.807) is 0 Å². The molecule has 1 aromatic heterocycles. The Morgan fingerprint density at radius 3 is 2.64 bits per heavy atom. The summed E-state index contributed by atoms with van der Waals surface area (Å²) in [4.78, 5) is 11.3. The summed E-state index contributed by atoms with van der Waals surface area (Å²) in [7, 11) is 0. The van der Waals surface area contributed by atoms with E-state index >= 15 is 0 Å². The molecule has 4 rings (SSSR count). The molecule has 2 aromatic rings. The summed E-state index contributed by atoms with van der Waals surface area (Å²) >= 11 is 0. The number of allylic oxidation sites excluding steroid dienone is 5. The molecule has 3 atom stereocenters. The van der Waals surface area contributed by atoms with Crippen molar-refractivity contribution >= 4 is 17.2 Å². The molecule has 3 unspecified atom stereocenters. The smallest absolute Gasteiger partial charge is 0.303 e. The summed E-state index contributed by atoms with van der Waals surface area (Å²) in [6.45, 7) is 10.1. The van der Waals surface area contributed by atoms with Gasteiger partial charge in [0.2, 0.25) is 0 Å². The van der Waals surface area contributed by atoms with Crippen molar-refractivity contribution in [1.29, 1.82) is 0 Å². The zero-order valence-corrected chi connectivity index (χ0v) is 19.8. The van der Waals surface area contributed by atoms with E-state index < -0.39 is 5.97 Å². The van der Waals surface area contributed by atoms with E-state index in [0.29, 0.717) is 17.9 Å². The maximum atomic E-state index is 11.3. The Morgan fingerprint density at radius 1 is 1.33 bits per heavy atom. The van der Waals surface area contributed by atoms with Crippen molar-refractivity contribution in [3.63, 3.8) is 0 Å². The van der Waals surface area contributed by atoms with Crippen LogP contribution in [0.1, 0.15) is 57.2 Å². The second-order valence-corrected chi connectivity index (χ2v) is 9.76. The quantitative estimate of drug-likeness (QED) is 0.389. The number of aliphatic carboxylic acids is 1. The van der Waals surface area contributed by atoms with Gasteiger partial charge in [-0.15, -0.1) is 6.58 Å². The molecule has 0 aliphatic heterocycles. The first-order chi connectivity index (χ1) is 15.8. The average molecular weight is 447 g/mol. The van der Waals surface area contributed by atoms with Gasteiger partial charge >= 0.3 is 5.97 Å². The third kappa shape index (κ3) is 4.97. The molecule has 2 N–H and O–H groups in total. The fourth-order valence-corrected chi connectivity index (χ4v) is 5.11. The lowest BCUT2D eigenvalue weighted by Crippen LogP contribution is -2.24. The van der Waals surface area contributed by atoms with E-state index in [2.05, 4.69) is 73.4 Å². The zero-order valence-electron chi connectivity index (χ0n) is 19.8. The Labute approximate surface area is 196 Å². The van der Waals surface area contributed by atoms with Crippen molar-refractivity contribution in [2.45, 2.75) is 58.9 Å². The van der Waals surface area contributed by atoms with Crippen molar-refractivity contribution in [2.24, 2.45) is 17.3 Å². The summed E-state index contributed by atoms with van der Waals surface area (Å²) in [5, 5.41) is 17.0. The molecular formula is C28H34N2O3. The zero-order chi connectivity index (χ0) is 23.6. The van der Waals surface area contributed by atoms with E-state index in [-0.39, 0.29) is 11.8 Å². The first-order valence-electron chi connectivity index (χ1n) is 11.9. The number of benzene rings is 1. The lowest BCUT2D eigenvalue weighted by Gasteiger charge is -2.30. The molecule has 33 heavy (non-hydrogen) atoms. The van der Waals surface area contributed by atoms with Crippen LogP contribution in [0.2, 0.25) is 0 Å². The number of carbonyl (C=O) groups is 1. The van der Waals surface area contributed by atoms with Gasteiger partial charge < -0.3 is 14.9 Å². The molecular weight excluding hydrogens is 412 g/mol. The Bertz CT molecular complexity index is 1070. The molecule has 1 aromatic carbocycles. The molecule has 2 aliphatic rings. The summed E-state index contributed by atoms with van der Waals surface area (Å²) in [6.07, 6.45) is 12.9. The molecule has 174 valence electrons. The molecule has 1 fully saturated rings. The molecule has 0 amide bonds. The van der Waals surface area contributed by atoms with Gasteiger partial charge in [0.25, 0.3) is 0 Å². The fraction of sp³-hybridized carbons (Fsp3) is 0.429. The number of nitrogens with one attached hydrogen (secondary N) is 1. The minimum atomic E-state index is -0.690. The van der Waals surface area contributed by atoms with Crippen LogP contribution in [0, 0.1) is 24.2 Å². The van der Waals surface area contributed by atoms with Crippen LogP contribution in [0.4, 0.5) is 5.69 Å². The molecule has 0 bridgehead atoms. The Kier molecular flexibility index (Phi) is 6.59. The van der Waals surface area contributed by atoms with Crippen LogP contribution < -0.4 is 5.32 Å². The van der Waals surface area contributed by atoms with Gasteiger partial charge in [-0.2, -0.15) is 0 Å². The summed E-state index contributed by atoms with van der Waals surface area (Å²) in [5.74, 6) is 0.683. The monoisotopic (exact) mass is 446 g/mol. The number of nitrogens with zero attached hydrogens (tertiary/aromatic N) is 1. The van der Waals surface area contributed by atoms with Gasteiger partial charge in [0.1, 0.15) is 11.4 Å². The number of aromatic nitrogens is 1. The van der Waals surface area contributed by atoms with Crippen LogP contribution in [-0.2, 0) is 4.79 Å². The highest BCUT2D eigenvalue weighted by Gasteiger charge is 2.51. The second-order valence-electron chi connectivity index (χ2n) is 9.76. The van der Waals surface area contributed by atoms with E-state index in [9.17, 15) is 9.90 Å². The predicted octanol–water partition coefficient (Wildman–Crippen LogP) is 6.88. The first kappa shape index (κ1) is 23.1. The highest BCUT2D eigenvalue weighted by atomic mass is 16.5. The Balaban J connectivity index is 1.49. The molecule has 2 aliphatic carbocycles. The molecule has 1 heterocycles. The lowest BCUT2D eigenvalue weighted by molar-refractivity contribution is -0.138. The van der Waals surface area contributed by atoms with Gasteiger partial charge in [0, 0.05) is 11.6 Å². The van der Waals surface area contributed by atoms with Crippen LogP contribution in [0.25, 0.3) is 16.9 Å². The molecule has 5 heteroatoms. The van der Waals surface area contributed by atoms with E-state index in [1.165, 1.54) is 5.57 Å². The van der Waals surface area contributed by atoms with Crippen molar-refractivity contribution in [3.8, 4) is 11.3 Å². The molecule has 1 saturated carbocycles. The van der Waals surface area contributed by atoms with Crippen LogP contribution >= 0.6 is 0 Å². The first-order valence-corrected chi connectivity index (χ1v) is 11.9. The highest BCUT2D eigenvalue weighted by Crippen LogP contribution is 2.58. The number of carboxylic acid groups (broad SMARTS) is 1. The van der Waals surface area contributed by atoms with Crippen molar-refractivity contribution in [1.82, 2.24) is 5.16 Å². The highest BCUT2D eigenvalue weighted by molar-refractivity contribution is 5.79. The third-order valence-corrected chi connectivity index (χ3v) is 7.13. The SMILES string of the molecule is C=CCCC(C)Nc1c(C)noc1-c1ccc(C2=CC(C)C(C3(CC(=O)O)CC3)C=C2)cc1. The van der Waals surface area contributed by atoms with Gasteiger partial charge in [-0.3, -0.25) is 4.79 Å². The molecule has 0 radical (unpaired) electrons. The second kappa shape index (κ2) is 9.42. The van der Waals surface area contributed by atoms with Gasteiger partial charge in [-0.1, -0.05) is 60.6 Å². The number of aryl methyl sites for hydroxylation is 1. The van der Waals surface area contributed by atoms with Crippen LogP contribution in [0.3, 0.4) is 0 Å². The van der Waals surface area contributed by atoms with Crippen molar-refractivity contribution in [3.05, 3.63) is 66.4 Å². The molecule has 0 saturated heterocycles. The van der Waals surface area contributed by atoms with E-state index in [1.807, 2.05) is 13.0 Å². The minimum absolute atomic E-state index is 0.0516. The van der Waals surface area contributed by atoms with Gasteiger partial charge in [0.05, 0.1) is 6.42 Å². The number of carboxylic acids is 1. The summed E-state index contributed by atoms with van der Waals surface area (Å²) < 4.78 is 5.67. The van der Waals surface area contributed by atoms with Crippen LogP contribution in [0.5, 0.6) is 0 Å². The molecule has 5 nitrogen and oxygen atoms in total. The largest absolute Gasteiger partial charge is 0.481 e. The average Bonchev–Trinajstić information content (AvgIpc) is 3.47. The van der Waals surface area contributed by atoms with Crippen molar-refractivity contribution in [2.75, 3.05) is 5.32 Å². The maximum Gasteiger partial charge on any atom is 0.303 e. The number of hydrogen-bond donors (Lipinski definition) is 2. The fourth-order valence-electron chi connectivity index (χ4n) is 5.11. The third-order valence-electron chi connectivity index (χ3n) is 7.13. The van der Waals surface area contributed by atoms with Gasteiger partial charge in [0.15, 0.2) is 5.76 Å². The number of anilines is 1. The maximum absolute atomic E-state index is 11.3. The van der Waals surface area contributed by atoms with Crippen LogP contribution in [0.15, 0.2) is 59.7 Å². The molecule has 0 spiro atoms. The summed E-state index contributed by atoms with van der Waals surface area (Å²) in [5.41, 5.74) is 5.07. The van der Waals surface area contributed by atoms with E-state index in [0.717, 1.165) is 54.0 Å². The summed E-state index contributed by atoms with van der Waals surface area (Å²) in [6, 6.07) is 8.68.